The Morgan fingerprint density at radius 1 is 1.50 bits per heavy atom. The molecule has 0 aromatic heterocycles. The molecule has 0 aliphatic carbocycles. The summed E-state index contributed by atoms with van der Waals surface area (Å²) in [5.41, 5.74) is 0.894. The lowest BCUT2D eigenvalue weighted by Crippen LogP contribution is -2.06. The van der Waals surface area contributed by atoms with Crippen LogP contribution in [0.25, 0.3) is 0 Å². The van der Waals surface area contributed by atoms with E-state index in [1.807, 2.05) is 24.3 Å². The number of hydrogen-bond acceptors (Lipinski definition) is 3. The summed E-state index contributed by atoms with van der Waals surface area (Å²) >= 11 is 0. The number of methoxy groups -OCH3 is 1. The zero-order valence-corrected chi connectivity index (χ0v) is 7.90. The largest absolute Gasteiger partial charge is 0.497 e. The molecule has 0 saturated heterocycles. The summed E-state index contributed by atoms with van der Waals surface area (Å²) in [7, 11) is 1.58. The van der Waals surface area contributed by atoms with Crippen molar-refractivity contribution in [3.63, 3.8) is 0 Å². The van der Waals surface area contributed by atoms with Crippen LogP contribution in [0.2, 0.25) is 0 Å². The molecule has 0 heterocycles. The Kier molecular flexibility index (Phi) is 3.94. The smallest absolute Gasteiger partial charge is 0.329 e. The molecule has 0 unspecified atom stereocenters. The molecule has 0 amide bonds. The zero-order valence-electron chi connectivity index (χ0n) is 7.90. The Morgan fingerprint density at radius 3 is 2.93 bits per heavy atom. The first-order chi connectivity index (χ1) is 6.72. The third kappa shape index (κ3) is 3.45. The summed E-state index contributed by atoms with van der Waals surface area (Å²) < 4.78 is 9.94. The van der Waals surface area contributed by atoms with Crippen LogP contribution in [0.1, 0.15) is 5.56 Å². The number of carboxylic acids is 1. The quantitative estimate of drug-likeness (QED) is 0.771. The average molecular weight is 196 g/mol. The average Bonchev–Trinajstić information content (AvgIpc) is 2.18. The van der Waals surface area contributed by atoms with Crippen molar-refractivity contribution in [3.05, 3.63) is 29.8 Å². The molecular weight excluding hydrogens is 184 g/mol. The van der Waals surface area contributed by atoms with Gasteiger partial charge in [-0.1, -0.05) is 12.1 Å². The molecule has 0 fully saturated rings. The number of carbonyl (C=O) groups is 1. The van der Waals surface area contributed by atoms with Gasteiger partial charge in [0.1, 0.15) is 12.4 Å². The van der Waals surface area contributed by atoms with E-state index in [0.717, 1.165) is 11.3 Å². The van der Waals surface area contributed by atoms with Crippen LogP contribution >= 0.6 is 0 Å². The minimum atomic E-state index is -0.965. The van der Waals surface area contributed by atoms with Gasteiger partial charge in [0.25, 0.3) is 0 Å². The van der Waals surface area contributed by atoms with Gasteiger partial charge in [-0.15, -0.1) is 0 Å². The van der Waals surface area contributed by atoms with Gasteiger partial charge in [0.2, 0.25) is 0 Å². The van der Waals surface area contributed by atoms with Crippen LogP contribution in [0.3, 0.4) is 0 Å². The van der Waals surface area contributed by atoms with Crippen LogP contribution in [0.15, 0.2) is 24.3 Å². The standard InChI is InChI=1S/C10H12O4/c1-13-9-4-2-3-8(5-9)6-14-7-10(11)12/h2-5H,6-7H2,1H3,(H,11,12). The normalized spacial score (nSPS) is 9.79. The molecule has 4 heteroatoms. The predicted octanol–water partition coefficient (Wildman–Crippen LogP) is 1.30. The van der Waals surface area contributed by atoms with Gasteiger partial charge in [-0.2, -0.15) is 0 Å². The molecule has 0 spiro atoms. The van der Waals surface area contributed by atoms with Crippen molar-refractivity contribution in [1.29, 1.82) is 0 Å². The van der Waals surface area contributed by atoms with E-state index < -0.39 is 5.97 Å². The van der Waals surface area contributed by atoms with Crippen LogP contribution in [-0.2, 0) is 16.1 Å². The SMILES string of the molecule is COc1cccc(COCC(=O)O)c1. The van der Waals surface area contributed by atoms with E-state index in [4.69, 9.17) is 14.6 Å². The third-order valence-electron chi connectivity index (χ3n) is 1.63. The van der Waals surface area contributed by atoms with Gasteiger partial charge in [0.15, 0.2) is 0 Å². The minimum absolute atomic E-state index is 0.281. The summed E-state index contributed by atoms with van der Waals surface area (Å²) in [6.07, 6.45) is 0. The second-order valence-electron chi connectivity index (χ2n) is 2.74. The van der Waals surface area contributed by atoms with Crippen LogP contribution in [0.4, 0.5) is 0 Å². The molecule has 4 nitrogen and oxygen atoms in total. The minimum Gasteiger partial charge on any atom is -0.497 e. The first-order valence-electron chi connectivity index (χ1n) is 4.15. The van der Waals surface area contributed by atoms with Crippen molar-refractivity contribution in [3.8, 4) is 5.75 Å². The fourth-order valence-electron chi connectivity index (χ4n) is 1.02. The molecule has 0 aliphatic rings. The number of hydrogen-bond donors (Lipinski definition) is 1. The lowest BCUT2D eigenvalue weighted by Gasteiger charge is -2.04. The van der Waals surface area contributed by atoms with E-state index in [9.17, 15) is 4.79 Å². The summed E-state index contributed by atoms with van der Waals surface area (Å²) in [5, 5.41) is 8.34. The maximum atomic E-state index is 10.2. The second kappa shape index (κ2) is 5.24. The van der Waals surface area contributed by atoms with Crippen molar-refractivity contribution in [2.24, 2.45) is 0 Å². The number of ether oxygens (including phenoxy) is 2. The number of benzene rings is 1. The van der Waals surface area contributed by atoms with Gasteiger partial charge in [0, 0.05) is 0 Å². The van der Waals surface area contributed by atoms with Crippen LogP contribution in [0, 0.1) is 0 Å². The molecule has 1 N–H and O–H groups in total. The molecule has 1 aromatic rings. The lowest BCUT2D eigenvalue weighted by molar-refractivity contribution is -0.142. The highest BCUT2D eigenvalue weighted by Gasteiger charge is 1.98. The lowest BCUT2D eigenvalue weighted by atomic mass is 10.2. The highest BCUT2D eigenvalue weighted by Crippen LogP contribution is 2.12. The summed E-state index contributed by atoms with van der Waals surface area (Å²) in [6.45, 7) is 0.000704. The first kappa shape index (κ1) is 10.5. The predicted molar refractivity (Wildman–Crippen MR) is 50.3 cm³/mol. The molecule has 1 aromatic carbocycles. The van der Waals surface area contributed by atoms with Crippen molar-refractivity contribution in [2.45, 2.75) is 6.61 Å². The van der Waals surface area contributed by atoms with E-state index >= 15 is 0 Å². The van der Waals surface area contributed by atoms with Gasteiger partial charge in [-0.05, 0) is 17.7 Å². The molecule has 0 atom stereocenters. The molecule has 0 aliphatic heterocycles. The van der Waals surface area contributed by atoms with Crippen molar-refractivity contribution in [2.75, 3.05) is 13.7 Å². The highest BCUT2D eigenvalue weighted by atomic mass is 16.5. The Labute approximate surface area is 82.1 Å². The van der Waals surface area contributed by atoms with E-state index in [-0.39, 0.29) is 13.2 Å². The summed E-state index contributed by atoms with van der Waals surface area (Å²) in [6, 6.07) is 7.31. The summed E-state index contributed by atoms with van der Waals surface area (Å²) in [5.74, 6) is -0.227. The van der Waals surface area contributed by atoms with Crippen molar-refractivity contribution >= 4 is 5.97 Å². The molecule has 0 radical (unpaired) electrons. The fraction of sp³-hybridized carbons (Fsp3) is 0.300. The van der Waals surface area contributed by atoms with E-state index in [0.29, 0.717) is 0 Å². The molecule has 14 heavy (non-hydrogen) atoms. The van der Waals surface area contributed by atoms with Crippen molar-refractivity contribution in [1.82, 2.24) is 0 Å². The topological polar surface area (TPSA) is 55.8 Å². The van der Waals surface area contributed by atoms with E-state index in [2.05, 4.69) is 0 Å². The Hall–Kier alpha value is -1.55. The first-order valence-corrected chi connectivity index (χ1v) is 4.15. The maximum Gasteiger partial charge on any atom is 0.329 e. The van der Waals surface area contributed by atoms with E-state index in [1.54, 1.807) is 7.11 Å². The molecule has 76 valence electrons. The fourth-order valence-corrected chi connectivity index (χ4v) is 1.02. The number of rotatable bonds is 5. The molecular formula is C10H12O4. The number of carboxylic acid groups (broad SMARTS) is 1. The number of aliphatic carboxylic acids is 1. The van der Waals surface area contributed by atoms with Gasteiger partial charge in [0.05, 0.1) is 13.7 Å². The van der Waals surface area contributed by atoms with Gasteiger partial charge < -0.3 is 14.6 Å². The molecule has 0 saturated carbocycles. The molecule has 0 bridgehead atoms. The second-order valence-corrected chi connectivity index (χ2v) is 2.74. The third-order valence-corrected chi connectivity index (χ3v) is 1.63. The zero-order chi connectivity index (χ0) is 10.4. The van der Waals surface area contributed by atoms with Crippen LogP contribution < -0.4 is 4.74 Å². The van der Waals surface area contributed by atoms with Crippen LogP contribution in [0.5, 0.6) is 5.75 Å². The van der Waals surface area contributed by atoms with Gasteiger partial charge in [-0.3, -0.25) is 0 Å². The summed E-state index contributed by atoms with van der Waals surface area (Å²) in [4.78, 5) is 10.2. The van der Waals surface area contributed by atoms with Crippen LogP contribution in [-0.4, -0.2) is 24.8 Å². The van der Waals surface area contributed by atoms with Crippen molar-refractivity contribution < 1.29 is 19.4 Å². The highest BCUT2D eigenvalue weighted by molar-refractivity contribution is 5.67. The maximum absolute atomic E-state index is 10.2. The van der Waals surface area contributed by atoms with Gasteiger partial charge in [-0.25, -0.2) is 4.79 Å². The molecule has 1 rings (SSSR count). The Bertz CT molecular complexity index is 309. The van der Waals surface area contributed by atoms with Gasteiger partial charge >= 0.3 is 5.97 Å². The monoisotopic (exact) mass is 196 g/mol. The Balaban J connectivity index is 2.46. The van der Waals surface area contributed by atoms with E-state index in [1.165, 1.54) is 0 Å². The Morgan fingerprint density at radius 2 is 2.29 bits per heavy atom.